The highest BCUT2D eigenvalue weighted by Gasteiger charge is 2.23. The molecule has 0 unspecified atom stereocenters. The highest BCUT2D eigenvalue weighted by Crippen LogP contribution is 2.14. The van der Waals surface area contributed by atoms with Gasteiger partial charge in [0.15, 0.2) is 5.82 Å². The number of amides is 1. The van der Waals surface area contributed by atoms with Gasteiger partial charge in [-0.1, -0.05) is 11.2 Å². The number of hydrogen-bond acceptors (Lipinski definition) is 7. The summed E-state index contributed by atoms with van der Waals surface area (Å²) >= 11 is 1.48. The third-order valence-electron chi connectivity index (χ3n) is 3.44. The summed E-state index contributed by atoms with van der Waals surface area (Å²) < 4.78 is 4.99. The molecule has 1 saturated heterocycles. The molecule has 0 spiro atoms. The Morgan fingerprint density at radius 1 is 1.38 bits per heavy atom. The van der Waals surface area contributed by atoms with Gasteiger partial charge >= 0.3 is 0 Å². The van der Waals surface area contributed by atoms with Gasteiger partial charge in [-0.15, -0.1) is 11.3 Å². The molecule has 0 bridgehead atoms. The third-order valence-corrected chi connectivity index (χ3v) is 4.30. The van der Waals surface area contributed by atoms with Crippen LogP contribution in [0.4, 0.5) is 0 Å². The van der Waals surface area contributed by atoms with Crippen molar-refractivity contribution in [3.63, 3.8) is 0 Å². The average molecular weight is 307 g/mol. The molecule has 2 aromatic rings. The Balaban J connectivity index is 1.52. The highest BCUT2D eigenvalue weighted by atomic mass is 32.1. The fourth-order valence-corrected chi connectivity index (χ4v) is 2.99. The second-order valence-electron chi connectivity index (χ2n) is 4.85. The van der Waals surface area contributed by atoms with E-state index in [1.807, 2.05) is 22.4 Å². The first-order chi connectivity index (χ1) is 10.3. The van der Waals surface area contributed by atoms with E-state index in [1.165, 1.54) is 11.3 Å². The van der Waals surface area contributed by atoms with E-state index in [-0.39, 0.29) is 12.5 Å². The van der Waals surface area contributed by atoms with Gasteiger partial charge in [0.05, 0.1) is 18.0 Å². The summed E-state index contributed by atoms with van der Waals surface area (Å²) in [6.07, 6.45) is 0. The summed E-state index contributed by atoms with van der Waals surface area (Å²) in [6.45, 7) is 3.95. The van der Waals surface area contributed by atoms with Crippen LogP contribution < -0.4 is 5.73 Å². The molecular weight excluding hydrogens is 290 g/mol. The van der Waals surface area contributed by atoms with E-state index < -0.39 is 0 Å². The fourth-order valence-electron chi connectivity index (χ4n) is 2.30. The van der Waals surface area contributed by atoms with E-state index in [9.17, 15) is 4.79 Å². The molecule has 2 aromatic heterocycles. The summed E-state index contributed by atoms with van der Waals surface area (Å²) in [5, 5.41) is 5.81. The second kappa shape index (κ2) is 6.33. The zero-order valence-electron chi connectivity index (χ0n) is 11.6. The minimum Gasteiger partial charge on any atom is -0.338 e. The van der Waals surface area contributed by atoms with Crippen LogP contribution in [0, 0.1) is 0 Å². The van der Waals surface area contributed by atoms with Gasteiger partial charge in [-0.2, -0.15) is 4.98 Å². The van der Waals surface area contributed by atoms with Gasteiger partial charge in [0.2, 0.25) is 5.89 Å². The number of nitrogens with two attached hydrogens (primary N) is 1. The van der Waals surface area contributed by atoms with Gasteiger partial charge in [0.25, 0.3) is 5.91 Å². The van der Waals surface area contributed by atoms with E-state index in [2.05, 4.69) is 15.0 Å². The van der Waals surface area contributed by atoms with Gasteiger partial charge < -0.3 is 15.2 Å². The first kappa shape index (κ1) is 14.2. The Morgan fingerprint density at radius 3 is 2.81 bits per heavy atom. The van der Waals surface area contributed by atoms with Crippen molar-refractivity contribution < 1.29 is 9.32 Å². The number of rotatable bonds is 4. The lowest BCUT2D eigenvalue weighted by Crippen LogP contribution is -2.48. The molecule has 0 radical (unpaired) electrons. The Kier molecular flexibility index (Phi) is 4.28. The summed E-state index contributed by atoms with van der Waals surface area (Å²) in [7, 11) is 0. The van der Waals surface area contributed by atoms with Crippen molar-refractivity contribution in [3.05, 3.63) is 34.1 Å². The number of carbonyl (C=O) groups is 1. The van der Waals surface area contributed by atoms with Crippen LogP contribution in [0.15, 0.2) is 22.0 Å². The Labute approximate surface area is 126 Å². The monoisotopic (exact) mass is 307 g/mol. The normalized spacial score (nSPS) is 16.3. The molecule has 1 aliphatic heterocycles. The van der Waals surface area contributed by atoms with Crippen LogP contribution in [0.25, 0.3) is 0 Å². The SMILES string of the molecule is NCc1nc(CN2CCN(C(=O)c3cccs3)CC2)no1. The lowest BCUT2D eigenvalue weighted by molar-refractivity contribution is 0.0629. The molecule has 1 fully saturated rings. The Hall–Kier alpha value is -1.77. The molecule has 1 aliphatic rings. The van der Waals surface area contributed by atoms with Crippen molar-refractivity contribution >= 4 is 17.2 Å². The maximum absolute atomic E-state index is 12.2. The molecular formula is C13H17N5O2S. The van der Waals surface area contributed by atoms with Crippen molar-refractivity contribution in [2.45, 2.75) is 13.1 Å². The number of hydrogen-bond donors (Lipinski definition) is 1. The summed E-state index contributed by atoms with van der Waals surface area (Å²) in [5.41, 5.74) is 5.44. The van der Waals surface area contributed by atoms with Crippen molar-refractivity contribution in [1.29, 1.82) is 0 Å². The van der Waals surface area contributed by atoms with Crippen LogP contribution in [-0.2, 0) is 13.1 Å². The van der Waals surface area contributed by atoms with Crippen LogP contribution in [0.2, 0.25) is 0 Å². The standard InChI is InChI=1S/C13H17N5O2S/c14-8-12-15-11(16-20-12)9-17-3-5-18(6-4-17)13(19)10-2-1-7-21-10/h1-2,7H,3-6,8-9,14H2. The van der Waals surface area contributed by atoms with Gasteiger partial charge in [-0.3, -0.25) is 9.69 Å². The van der Waals surface area contributed by atoms with E-state index in [4.69, 9.17) is 10.3 Å². The first-order valence-electron chi connectivity index (χ1n) is 6.83. The highest BCUT2D eigenvalue weighted by molar-refractivity contribution is 7.12. The van der Waals surface area contributed by atoms with E-state index in [0.717, 1.165) is 31.1 Å². The number of nitrogens with zero attached hydrogens (tertiary/aromatic N) is 4. The molecule has 8 heteroatoms. The van der Waals surface area contributed by atoms with E-state index in [0.29, 0.717) is 18.3 Å². The van der Waals surface area contributed by atoms with Crippen LogP contribution >= 0.6 is 11.3 Å². The predicted octanol–water partition coefficient (Wildman–Crippen LogP) is 0.548. The molecule has 112 valence electrons. The van der Waals surface area contributed by atoms with Gasteiger partial charge in [-0.25, -0.2) is 0 Å². The van der Waals surface area contributed by atoms with Crippen LogP contribution in [0.3, 0.4) is 0 Å². The van der Waals surface area contributed by atoms with Crippen LogP contribution in [0.5, 0.6) is 0 Å². The molecule has 0 aliphatic carbocycles. The van der Waals surface area contributed by atoms with E-state index in [1.54, 1.807) is 0 Å². The third kappa shape index (κ3) is 3.29. The van der Waals surface area contributed by atoms with Gasteiger partial charge in [0, 0.05) is 26.2 Å². The summed E-state index contributed by atoms with van der Waals surface area (Å²) in [5.74, 6) is 1.22. The minimum absolute atomic E-state index is 0.120. The molecule has 0 saturated carbocycles. The molecule has 21 heavy (non-hydrogen) atoms. The van der Waals surface area contributed by atoms with Gasteiger partial charge in [0.1, 0.15) is 0 Å². The smallest absolute Gasteiger partial charge is 0.264 e. The first-order valence-corrected chi connectivity index (χ1v) is 7.71. The number of piperazine rings is 1. The second-order valence-corrected chi connectivity index (χ2v) is 5.80. The number of thiophene rings is 1. The van der Waals surface area contributed by atoms with Crippen molar-refractivity contribution in [2.24, 2.45) is 5.73 Å². The maximum atomic E-state index is 12.2. The summed E-state index contributed by atoms with van der Waals surface area (Å²) in [6, 6.07) is 3.77. The van der Waals surface area contributed by atoms with Gasteiger partial charge in [-0.05, 0) is 11.4 Å². The fraction of sp³-hybridized carbons (Fsp3) is 0.462. The minimum atomic E-state index is 0.120. The van der Waals surface area contributed by atoms with E-state index >= 15 is 0 Å². The molecule has 3 rings (SSSR count). The Morgan fingerprint density at radius 2 is 2.19 bits per heavy atom. The zero-order chi connectivity index (χ0) is 14.7. The van der Waals surface area contributed by atoms with Crippen LogP contribution in [0.1, 0.15) is 21.4 Å². The molecule has 7 nitrogen and oxygen atoms in total. The molecule has 2 N–H and O–H groups in total. The maximum Gasteiger partial charge on any atom is 0.264 e. The lowest BCUT2D eigenvalue weighted by atomic mass is 10.3. The van der Waals surface area contributed by atoms with Crippen molar-refractivity contribution in [2.75, 3.05) is 26.2 Å². The van der Waals surface area contributed by atoms with Crippen molar-refractivity contribution in [1.82, 2.24) is 19.9 Å². The lowest BCUT2D eigenvalue weighted by Gasteiger charge is -2.33. The Bertz CT molecular complexity index is 589. The molecule has 0 atom stereocenters. The molecule has 0 aromatic carbocycles. The quantitative estimate of drug-likeness (QED) is 0.887. The van der Waals surface area contributed by atoms with Crippen LogP contribution in [-0.4, -0.2) is 52.0 Å². The topological polar surface area (TPSA) is 88.5 Å². The molecule has 1 amide bonds. The number of carbonyl (C=O) groups excluding carboxylic acids is 1. The predicted molar refractivity (Wildman–Crippen MR) is 77.7 cm³/mol. The number of aromatic nitrogens is 2. The van der Waals surface area contributed by atoms with Crippen molar-refractivity contribution in [3.8, 4) is 0 Å². The average Bonchev–Trinajstić information content (AvgIpc) is 3.19. The zero-order valence-corrected chi connectivity index (χ0v) is 12.4. The summed E-state index contributed by atoms with van der Waals surface area (Å²) in [4.78, 5) is 21.3. The largest absolute Gasteiger partial charge is 0.338 e. The molecule has 3 heterocycles.